The summed E-state index contributed by atoms with van der Waals surface area (Å²) in [7, 11) is 0. The number of carbonyl (C=O) groups is 1. The summed E-state index contributed by atoms with van der Waals surface area (Å²) in [5.41, 5.74) is 2.36. The number of hydrogen-bond acceptors (Lipinski definition) is 4. The van der Waals surface area contributed by atoms with E-state index in [2.05, 4.69) is 5.32 Å². The van der Waals surface area contributed by atoms with Crippen LogP contribution in [0.15, 0.2) is 12.1 Å². The van der Waals surface area contributed by atoms with Gasteiger partial charge >= 0.3 is 6.09 Å². The second-order valence-electron chi connectivity index (χ2n) is 7.30. The van der Waals surface area contributed by atoms with Crippen LogP contribution in [0.3, 0.4) is 0 Å². The van der Waals surface area contributed by atoms with Gasteiger partial charge in [0, 0.05) is 18.8 Å². The summed E-state index contributed by atoms with van der Waals surface area (Å²) in [5, 5.41) is 13.1. The monoisotopic (exact) mass is 320 g/mol. The number of aromatic hydroxyl groups is 1. The fraction of sp³-hybridized carbons (Fsp3) is 0.611. The molecule has 0 spiro atoms. The van der Waals surface area contributed by atoms with Crippen LogP contribution < -0.4 is 5.32 Å². The van der Waals surface area contributed by atoms with E-state index in [4.69, 9.17) is 4.74 Å². The molecular formula is C18H28N2O3. The third-order valence-electron chi connectivity index (χ3n) is 4.08. The Labute approximate surface area is 138 Å². The first-order valence-electron chi connectivity index (χ1n) is 8.21. The molecule has 2 rings (SSSR count). The van der Waals surface area contributed by atoms with Crippen molar-refractivity contribution in [2.75, 3.05) is 18.4 Å². The lowest BCUT2D eigenvalue weighted by Gasteiger charge is -2.29. The lowest BCUT2D eigenvalue weighted by atomic mass is 10.1. The van der Waals surface area contributed by atoms with Gasteiger partial charge in [-0.1, -0.05) is 0 Å². The molecule has 1 atom stereocenters. The lowest BCUT2D eigenvalue weighted by molar-refractivity contribution is 0.0235. The number of likely N-dealkylation sites (tertiary alicyclic amines) is 1. The Morgan fingerprint density at radius 2 is 2.04 bits per heavy atom. The molecule has 1 amide bonds. The molecule has 5 heteroatoms. The average molecular weight is 320 g/mol. The third kappa shape index (κ3) is 4.53. The van der Waals surface area contributed by atoms with Crippen molar-refractivity contribution in [3.63, 3.8) is 0 Å². The number of benzene rings is 1. The van der Waals surface area contributed by atoms with Gasteiger partial charge in [-0.25, -0.2) is 4.79 Å². The standard InChI is InChI=1S/C18H28N2O3/c1-12-10-16(21)13(2)9-15(12)19-11-14-7-6-8-20(14)17(22)23-18(3,4)5/h9-10,14,19,21H,6-8,11H2,1-5H3. The summed E-state index contributed by atoms with van der Waals surface area (Å²) >= 11 is 0. The fourth-order valence-electron chi connectivity index (χ4n) is 2.83. The number of carbonyl (C=O) groups excluding carboxylic acids is 1. The van der Waals surface area contributed by atoms with Crippen LogP contribution in [0, 0.1) is 13.8 Å². The van der Waals surface area contributed by atoms with Gasteiger partial charge in [0.05, 0.1) is 6.04 Å². The van der Waals surface area contributed by atoms with E-state index in [1.807, 2.05) is 45.6 Å². The number of phenolic OH excluding ortho intramolecular Hbond substituents is 1. The van der Waals surface area contributed by atoms with Gasteiger partial charge in [0.15, 0.2) is 0 Å². The zero-order chi connectivity index (χ0) is 17.2. The number of rotatable bonds is 3. The molecule has 0 bridgehead atoms. The minimum Gasteiger partial charge on any atom is -0.508 e. The minimum absolute atomic E-state index is 0.137. The molecule has 128 valence electrons. The second kappa shape index (κ2) is 6.69. The maximum Gasteiger partial charge on any atom is 0.410 e. The molecule has 1 aliphatic rings. The largest absolute Gasteiger partial charge is 0.508 e. The SMILES string of the molecule is Cc1cc(NCC2CCCN2C(=O)OC(C)(C)C)c(C)cc1O. The molecule has 0 radical (unpaired) electrons. The molecule has 1 fully saturated rings. The minimum atomic E-state index is -0.470. The highest BCUT2D eigenvalue weighted by atomic mass is 16.6. The number of nitrogens with one attached hydrogen (secondary N) is 1. The van der Waals surface area contributed by atoms with Crippen molar-refractivity contribution in [1.29, 1.82) is 0 Å². The molecule has 0 aliphatic carbocycles. The zero-order valence-electron chi connectivity index (χ0n) is 14.8. The maximum absolute atomic E-state index is 12.3. The van der Waals surface area contributed by atoms with E-state index in [1.54, 1.807) is 6.07 Å². The van der Waals surface area contributed by atoms with E-state index in [0.29, 0.717) is 12.3 Å². The predicted octanol–water partition coefficient (Wildman–Crippen LogP) is 3.82. The van der Waals surface area contributed by atoms with Gasteiger partial charge in [-0.05, 0) is 70.7 Å². The van der Waals surface area contributed by atoms with Crippen molar-refractivity contribution in [2.24, 2.45) is 0 Å². The molecule has 1 saturated heterocycles. The van der Waals surface area contributed by atoms with Crippen molar-refractivity contribution >= 4 is 11.8 Å². The highest BCUT2D eigenvalue weighted by Gasteiger charge is 2.31. The van der Waals surface area contributed by atoms with Gasteiger partial charge in [-0.15, -0.1) is 0 Å². The molecule has 0 aromatic heterocycles. The van der Waals surface area contributed by atoms with Crippen LogP contribution in [0.2, 0.25) is 0 Å². The summed E-state index contributed by atoms with van der Waals surface area (Å²) in [6.45, 7) is 10.9. The van der Waals surface area contributed by atoms with E-state index >= 15 is 0 Å². The van der Waals surface area contributed by atoms with Crippen molar-refractivity contribution in [1.82, 2.24) is 4.90 Å². The Hall–Kier alpha value is -1.91. The fourth-order valence-corrected chi connectivity index (χ4v) is 2.83. The van der Waals surface area contributed by atoms with Gasteiger partial charge in [0.1, 0.15) is 11.4 Å². The first-order valence-corrected chi connectivity index (χ1v) is 8.21. The highest BCUT2D eigenvalue weighted by molar-refractivity contribution is 5.69. The molecular weight excluding hydrogens is 292 g/mol. The lowest BCUT2D eigenvalue weighted by Crippen LogP contribution is -2.42. The molecule has 1 aromatic rings. The van der Waals surface area contributed by atoms with E-state index in [-0.39, 0.29) is 12.1 Å². The highest BCUT2D eigenvalue weighted by Crippen LogP contribution is 2.26. The molecule has 23 heavy (non-hydrogen) atoms. The predicted molar refractivity (Wildman–Crippen MR) is 92.0 cm³/mol. The topological polar surface area (TPSA) is 61.8 Å². The number of hydrogen-bond donors (Lipinski definition) is 2. The summed E-state index contributed by atoms with van der Waals surface area (Å²) in [6.07, 6.45) is 1.74. The maximum atomic E-state index is 12.3. The Morgan fingerprint density at radius 3 is 2.70 bits per heavy atom. The van der Waals surface area contributed by atoms with Crippen molar-refractivity contribution < 1.29 is 14.6 Å². The number of anilines is 1. The average Bonchev–Trinajstić information content (AvgIpc) is 2.88. The Bertz CT molecular complexity index is 578. The van der Waals surface area contributed by atoms with Crippen LogP contribution in [-0.4, -0.2) is 40.8 Å². The Balaban J connectivity index is 1.99. The molecule has 0 saturated carbocycles. The molecule has 1 heterocycles. The molecule has 1 aromatic carbocycles. The van der Waals surface area contributed by atoms with Crippen LogP contribution in [0.5, 0.6) is 5.75 Å². The molecule has 1 unspecified atom stereocenters. The van der Waals surface area contributed by atoms with E-state index in [9.17, 15) is 9.90 Å². The smallest absolute Gasteiger partial charge is 0.410 e. The molecule has 2 N–H and O–H groups in total. The van der Waals surface area contributed by atoms with Crippen molar-refractivity contribution in [3.05, 3.63) is 23.3 Å². The van der Waals surface area contributed by atoms with Gasteiger partial charge in [-0.3, -0.25) is 0 Å². The van der Waals surface area contributed by atoms with E-state index in [1.165, 1.54) is 0 Å². The van der Waals surface area contributed by atoms with E-state index < -0.39 is 5.60 Å². The zero-order valence-corrected chi connectivity index (χ0v) is 14.8. The number of phenols is 1. The normalized spacial score (nSPS) is 18.1. The van der Waals surface area contributed by atoms with Crippen LogP contribution >= 0.6 is 0 Å². The number of ether oxygens (including phenoxy) is 1. The van der Waals surface area contributed by atoms with Crippen LogP contribution in [0.4, 0.5) is 10.5 Å². The van der Waals surface area contributed by atoms with Crippen LogP contribution in [0.25, 0.3) is 0 Å². The van der Waals surface area contributed by atoms with E-state index in [0.717, 1.165) is 36.2 Å². The van der Waals surface area contributed by atoms with Crippen molar-refractivity contribution in [2.45, 2.75) is 59.1 Å². The molecule has 5 nitrogen and oxygen atoms in total. The number of nitrogens with zero attached hydrogens (tertiary/aromatic N) is 1. The summed E-state index contributed by atoms with van der Waals surface area (Å²) in [5.74, 6) is 0.310. The Kier molecular flexibility index (Phi) is 5.07. The van der Waals surface area contributed by atoms with Gasteiger partial charge in [0.2, 0.25) is 0 Å². The first kappa shape index (κ1) is 17.4. The number of amides is 1. The summed E-state index contributed by atoms with van der Waals surface area (Å²) < 4.78 is 5.49. The quantitative estimate of drug-likeness (QED) is 0.831. The van der Waals surface area contributed by atoms with Gasteiger partial charge in [0.25, 0.3) is 0 Å². The summed E-state index contributed by atoms with van der Waals surface area (Å²) in [4.78, 5) is 14.1. The number of aryl methyl sites for hydroxylation is 2. The van der Waals surface area contributed by atoms with Crippen molar-refractivity contribution in [3.8, 4) is 5.75 Å². The second-order valence-corrected chi connectivity index (χ2v) is 7.30. The third-order valence-corrected chi connectivity index (χ3v) is 4.08. The van der Waals surface area contributed by atoms with Gasteiger partial charge in [-0.2, -0.15) is 0 Å². The summed E-state index contributed by atoms with van der Waals surface area (Å²) in [6, 6.07) is 3.84. The first-order chi connectivity index (χ1) is 10.7. The molecule has 1 aliphatic heterocycles. The van der Waals surface area contributed by atoms with Crippen LogP contribution in [-0.2, 0) is 4.74 Å². The Morgan fingerprint density at radius 1 is 1.35 bits per heavy atom. The van der Waals surface area contributed by atoms with Gasteiger partial charge < -0.3 is 20.1 Å². The van der Waals surface area contributed by atoms with Crippen LogP contribution in [0.1, 0.15) is 44.7 Å².